The van der Waals surface area contributed by atoms with E-state index in [2.05, 4.69) is 23.1 Å². The molecular weight excluding hydrogens is 458 g/mol. The van der Waals surface area contributed by atoms with Crippen molar-refractivity contribution in [3.05, 3.63) is 111 Å². The lowest BCUT2D eigenvalue weighted by Gasteiger charge is -2.24. The molecule has 0 saturated carbocycles. The molecule has 1 aliphatic rings. The smallest absolute Gasteiger partial charge is 0.254 e. The average molecular weight is 486 g/mol. The van der Waals surface area contributed by atoms with Gasteiger partial charge in [0, 0.05) is 35.4 Å². The van der Waals surface area contributed by atoms with Crippen LogP contribution in [0.3, 0.4) is 0 Å². The third kappa shape index (κ3) is 5.28. The van der Waals surface area contributed by atoms with Crippen molar-refractivity contribution in [1.29, 1.82) is 0 Å². The lowest BCUT2D eigenvalue weighted by Crippen LogP contribution is -2.31. The number of amides is 1. The van der Waals surface area contributed by atoms with Crippen LogP contribution < -0.4 is 0 Å². The predicted molar refractivity (Wildman–Crippen MR) is 137 cm³/mol. The highest BCUT2D eigenvalue weighted by Crippen LogP contribution is 2.32. The average Bonchev–Trinajstić information content (AvgIpc) is 3.45. The third-order valence-corrected chi connectivity index (χ3v) is 6.70. The molecule has 0 spiro atoms. The van der Waals surface area contributed by atoms with Gasteiger partial charge in [0.2, 0.25) is 0 Å². The van der Waals surface area contributed by atoms with Crippen molar-refractivity contribution < 1.29 is 4.79 Å². The zero-order valence-electron chi connectivity index (χ0n) is 20.0. The zero-order valence-corrected chi connectivity index (χ0v) is 20.7. The second-order valence-corrected chi connectivity index (χ2v) is 9.62. The minimum absolute atomic E-state index is 0.0345. The largest absolute Gasteiger partial charge is 0.330 e. The van der Waals surface area contributed by atoms with Gasteiger partial charge >= 0.3 is 0 Å². The second kappa shape index (κ2) is 10.0. The molecule has 2 aromatic carbocycles. The van der Waals surface area contributed by atoms with Gasteiger partial charge in [0.25, 0.3) is 5.91 Å². The Bertz CT molecular complexity index is 1350. The van der Waals surface area contributed by atoms with E-state index in [1.807, 2.05) is 65.0 Å². The number of aromatic nitrogens is 4. The molecule has 3 heterocycles. The summed E-state index contributed by atoms with van der Waals surface area (Å²) in [7, 11) is 0. The Balaban J connectivity index is 1.30. The first-order chi connectivity index (χ1) is 17.0. The Morgan fingerprint density at radius 2 is 1.89 bits per heavy atom. The van der Waals surface area contributed by atoms with Crippen LogP contribution in [0.2, 0.25) is 5.02 Å². The van der Waals surface area contributed by atoms with Gasteiger partial charge in [-0.25, -0.2) is 0 Å². The lowest BCUT2D eigenvalue weighted by atomic mass is 10.1. The summed E-state index contributed by atoms with van der Waals surface area (Å²) in [5, 5.41) is 5.24. The van der Waals surface area contributed by atoms with Gasteiger partial charge in [0.15, 0.2) is 0 Å². The summed E-state index contributed by atoms with van der Waals surface area (Å²) in [4.78, 5) is 24.7. The van der Waals surface area contributed by atoms with Crippen molar-refractivity contribution >= 4 is 17.5 Å². The third-order valence-electron chi connectivity index (χ3n) is 6.47. The molecule has 0 radical (unpaired) electrons. The van der Waals surface area contributed by atoms with Gasteiger partial charge in [0.1, 0.15) is 0 Å². The summed E-state index contributed by atoms with van der Waals surface area (Å²) in [6.07, 6.45) is 6.06. The molecule has 178 valence electrons. The molecule has 1 amide bonds. The molecule has 6 nitrogen and oxygen atoms in total. The SMILES string of the molecule is Cc1cc(C)n(Cc2ccc(C(=O)N3CCCC3c3cncc(Cc4cccc(Cl)c4)n3)cc2)n1. The van der Waals surface area contributed by atoms with Crippen molar-refractivity contribution in [2.24, 2.45) is 0 Å². The minimum atomic E-state index is -0.0660. The number of benzene rings is 2. The highest BCUT2D eigenvalue weighted by Gasteiger charge is 2.32. The Labute approximate surface area is 210 Å². The van der Waals surface area contributed by atoms with Crippen LogP contribution in [0.15, 0.2) is 67.0 Å². The van der Waals surface area contributed by atoms with Crippen LogP contribution in [0.5, 0.6) is 0 Å². The fourth-order valence-corrected chi connectivity index (χ4v) is 4.98. The summed E-state index contributed by atoms with van der Waals surface area (Å²) in [6, 6.07) is 17.6. The Kier molecular flexibility index (Phi) is 6.64. The fourth-order valence-electron chi connectivity index (χ4n) is 4.77. The standard InChI is InChI=1S/C28H28ClN5O/c1-19-13-20(2)34(32-19)18-21-8-10-23(11-9-21)28(35)33-12-4-7-27(33)26-17-30-16-25(31-26)15-22-5-3-6-24(29)14-22/h3,5-6,8-11,13-14,16-17,27H,4,7,12,15,18H2,1-2H3. The molecule has 2 aromatic heterocycles. The van der Waals surface area contributed by atoms with Gasteiger partial charge in [-0.3, -0.25) is 19.4 Å². The summed E-state index contributed by atoms with van der Waals surface area (Å²) >= 11 is 6.13. The van der Waals surface area contributed by atoms with E-state index >= 15 is 0 Å². The molecule has 7 heteroatoms. The van der Waals surface area contributed by atoms with Crippen LogP contribution in [0.4, 0.5) is 0 Å². The van der Waals surface area contributed by atoms with E-state index in [-0.39, 0.29) is 11.9 Å². The number of nitrogens with zero attached hydrogens (tertiary/aromatic N) is 5. The molecule has 35 heavy (non-hydrogen) atoms. The molecule has 1 saturated heterocycles. The topological polar surface area (TPSA) is 63.9 Å². The van der Waals surface area contributed by atoms with E-state index in [0.29, 0.717) is 23.6 Å². The van der Waals surface area contributed by atoms with Gasteiger partial charge < -0.3 is 4.90 Å². The quantitative estimate of drug-likeness (QED) is 0.358. The molecule has 1 aliphatic heterocycles. The molecule has 1 atom stereocenters. The van der Waals surface area contributed by atoms with Gasteiger partial charge in [-0.2, -0.15) is 5.10 Å². The number of likely N-dealkylation sites (tertiary alicyclic amines) is 1. The van der Waals surface area contributed by atoms with Gasteiger partial charge in [0.05, 0.1) is 35.9 Å². The molecule has 1 fully saturated rings. The summed E-state index contributed by atoms with van der Waals surface area (Å²) < 4.78 is 1.98. The highest BCUT2D eigenvalue weighted by atomic mass is 35.5. The monoisotopic (exact) mass is 485 g/mol. The Morgan fingerprint density at radius 3 is 2.63 bits per heavy atom. The van der Waals surface area contributed by atoms with E-state index in [0.717, 1.165) is 53.3 Å². The maximum Gasteiger partial charge on any atom is 0.254 e. The maximum atomic E-state index is 13.4. The van der Waals surface area contributed by atoms with E-state index in [4.69, 9.17) is 16.6 Å². The number of carbonyl (C=O) groups excluding carboxylic acids is 1. The van der Waals surface area contributed by atoms with Gasteiger partial charge in [-0.05, 0) is 68.1 Å². The molecule has 5 rings (SSSR count). The van der Waals surface area contributed by atoms with Crippen molar-refractivity contribution in [3.63, 3.8) is 0 Å². The number of carbonyl (C=O) groups is 1. The normalized spacial score (nSPS) is 15.5. The first-order valence-corrected chi connectivity index (χ1v) is 12.3. The van der Waals surface area contributed by atoms with Crippen molar-refractivity contribution in [1.82, 2.24) is 24.6 Å². The summed E-state index contributed by atoms with van der Waals surface area (Å²) in [6.45, 7) is 5.46. The highest BCUT2D eigenvalue weighted by molar-refractivity contribution is 6.30. The number of rotatable bonds is 6. The zero-order chi connectivity index (χ0) is 24.4. The van der Waals surface area contributed by atoms with E-state index in [9.17, 15) is 4.79 Å². The van der Waals surface area contributed by atoms with Gasteiger partial charge in [-0.1, -0.05) is 35.9 Å². The van der Waals surface area contributed by atoms with Crippen LogP contribution in [0.1, 0.15) is 63.1 Å². The molecule has 4 aromatic rings. The molecule has 0 bridgehead atoms. The first-order valence-electron chi connectivity index (χ1n) is 11.9. The molecule has 1 unspecified atom stereocenters. The van der Waals surface area contributed by atoms with Crippen LogP contribution in [-0.2, 0) is 13.0 Å². The number of halogens is 1. The van der Waals surface area contributed by atoms with Crippen LogP contribution in [-0.4, -0.2) is 37.1 Å². The van der Waals surface area contributed by atoms with Crippen molar-refractivity contribution in [2.75, 3.05) is 6.54 Å². The summed E-state index contributed by atoms with van der Waals surface area (Å²) in [5.41, 5.74) is 6.75. The maximum absolute atomic E-state index is 13.4. The van der Waals surface area contributed by atoms with Crippen LogP contribution in [0.25, 0.3) is 0 Å². The first kappa shape index (κ1) is 23.2. The summed E-state index contributed by atoms with van der Waals surface area (Å²) in [5.74, 6) is 0.0345. The minimum Gasteiger partial charge on any atom is -0.330 e. The number of aryl methyl sites for hydroxylation is 2. The number of hydrogen-bond acceptors (Lipinski definition) is 4. The lowest BCUT2D eigenvalue weighted by molar-refractivity contribution is 0.0732. The second-order valence-electron chi connectivity index (χ2n) is 9.18. The Hall–Kier alpha value is -3.51. The van der Waals surface area contributed by atoms with Crippen molar-refractivity contribution in [3.8, 4) is 0 Å². The van der Waals surface area contributed by atoms with Crippen LogP contribution >= 0.6 is 11.6 Å². The molecule has 0 N–H and O–H groups in total. The predicted octanol–water partition coefficient (Wildman–Crippen LogP) is 5.56. The van der Waals surface area contributed by atoms with Crippen molar-refractivity contribution in [2.45, 2.75) is 45.7 Å². The molecule has 0 aliphatic carbocycles. The Morgan fingerprint density at radius 1 is 1.06 bits per heavy atom. The van der Waals surface area contributed by atoms with Crippen LogP contribution in [0, 0.1) is 13.8 Å². The van der Waals surface area contributed by atoms with E-state index in [1.165, 1.54) is 0 Å². The van der Waals surface area contributed by atoms with E-state index < -0.39 is 0 Å². The van der Waals surface area contributed by atoms with Gasteiger partial charge in [-0.15, -0.1) is 0 Å². The fraction of sp³-hybridized carbons (Fsp3) is 0.286. The number of hydrogen-bond donors (Lipinski definition) is 0. The molecular formula is C28H28ClN5O. The van der Waals surface area contributed by atoms with E-state index in [1.54, 1.807) is 12.4 Å².